The molecule has 0 radical (unpaired) electrons. The van der Waals surface area contributed by atoms with Gasteiger partial charge in [-0.25, -0.2) is 15.0 Å². The Bertz CT molecular complexity index is 1510. The molecule has 1 aliphatic rings. The van der Waals surface area contributed by atoms with E-state index >= 15 is 0 Å². The number of hydrogen-bond acceptors (Lipinski definition) is 10. The van der Waals surface area contributed by atoms with Gasteiger partial charge in [0.15, 0.2) is 17.4 Å². The molecule has 0 unspecified atom stereocenters. The largest absolute Gasteiger partial charge is 0.443 e. The fourth-order valence-corrected chi connectivity index (χ4v) is 6.02. The number of ether oxygens (including phenoxy) is 1. The molecule has 11 nitrogen and oxygen atoms in total. The Labute approximate surface area is 267 Å². The van der Waals surface area contributed by atoms with E-state index in [-0.39, 0.29) is 25.2 Å². The third kappa shape index (κ3) is 8.65. The number of thiazole rings is 1. The lowest BCUT2D eigenvalue weighted by Gasteiger charge is -2.35. The highest BCUT2D eigenvalue weighted by Crippen LogP contribution is 2.27. The maximum atomic E-state index is 13.4. The minimum Gasteiger partial charge on any atom is -0.443 e. The Balaban J connectivity index is 1.64. The van der Waals surface area contributed by atoms with Crippen LogP contribution < -0.4 is 15.0 Å². The van der Waals surface area contributed by atoms with Gasteiger partial charge < -0.3 is 20.1 Å². The third-order valence-corrected chi connectivity index (χ3v) is 8.91. The number of hydrogen-bond donors (Lipinski definition) is 2. The van der Waals surface area contributed by atoms with Crippen LogP contribution in [0.4, 0.5) is 17.3 Å². The van der Waals surface area contributed by atoms with Crippen molar-refractivity contribution in [3.05, 3.63) is 56.6 Å². The summed E-state index contributed by atoms with van der Waals surface area (Å²) in [6, 6.07) is 7.25. The maximum absolute atomic E-state index is 13.4. The molecule has 44 heavy (non-hydrogen) atoms. The SMILES string of the molecule is CCCCC(C)(C)C(=O)OCn1cc(C(=O)Nc2c(C)cccc2Cl)sc1=Nc1cc(N2CCN(CCO)CC2)nc(C)n1. The molecule has 0 bridgehead atoms. The number of benzene rings is 1. The zero-order valence-electron chi connectivity index (χ0n) is 26.1. The molecule has 1 aromatic carbocycles. The van der Waals surface area contributed by atoms with Crippen LogP contribution in [0.25, 0.3) is 0 Å². The minimum absolute atomic E-state index is 0.105. The average Bonchev–Trinajstić information content (AvgIpc) is 3.39. The lowest BCUT2D eigenvalue weighted by Crippen LogP contribution is -2.47. The Morgan fingerprint density at radius 2 is 1.93 bits per heavy atom. The number of amides is 1. The van der Waals surface area contributed by atoms with E-state index in [9.17, 15) is 14.7 Å². The molecule has 1 amide bonds. The number of carbonyl (C=O) groups is 2. The van der Waals surface area contributed by atoms with Crippen molar-refractivity contribution >= 4 is 52.1 Å². The molecule has 0 aliphatic carbocycles. The predicted octanol–water partition coefficient (Wildman–Crippen LogP) is 4.93. The van der Waals surface area contributed by atoms with Crippen LogP contribution in [0.2, 0.25) is 5.02 Å². The van der Waals surface area contributed by atoms with Crippen molar-refractivity contribution in [3.8, 4) is 0 Å². The third-order valence-electron chi connectivity index (χ3n) is 7.58. The van der Waals surface area contributed by atoms with Crippen molar-refractivity contribution < 1.29 is 19.4 Å². The van der Waals surface area contributed by atoms with E-state index in [1.165, 1.54) is 11.3 Å². The number of halogens is 1. The van der Waals surface area contributed by atoms with Gasteiger partial charge in [-0.2, -0.15) is 0 Å². The van der Waals surface area contributed by atoms with E-state index in [1.807, 2.05) is 45.9 Å². The minimum atomic E-state index is -0.633. The first-order valence-corrected chi connectivity index (χ1v) is 16.1. The van der Waals surface area contributed by atoms with Gasteiger partial charge in [-0.15, -0.1) is 0 Å². The maximum Gasteiger partial charge on any atom is 0.313 e. The van der Waals surface area contributed by atoms with Gasteiger partial charge in [-0.1, -0.05) is 54.8 Å². The summed E-state index contributed by atoms with van der Waals surface area (Å²) in [6.45, 7) is 13.4. The Morgan fingerprint density at radius 1 is 1.18 bits per heavy atom. The first-order chi connectivity index (χ1) is 21.0. The van der Waals surface area contributed by atoms with Gasteiger partial charge in [0.05, 0.1) is 22.7 Å². The summed E-state index contributed by atoms with van der Waals surface area (Å²) in [5.74, 6) is 1.10. The van der Waals surface area contributed by atoms with Crippen molar-refractivity contribution in [3.63, 3.8) is 0 Å². The zero-order chi connectivity index (χ0) is 31.9. The Morgan fingerprint density at radius 3 is 2.61 bits per heavy atom. The number of anilines is 2. The molecule has 1 saturated heterocycles. The number of nitrogens with one attached hydrogen (secondary N) is 1. The second-order valence-electron chi connectivity index (χ2n) is 11.6. The van der Waals surface area contributed by atoms with Crippen LogP contribution in [-0.2, 0) is 16.3 Å². The molecule has 0 spiro atoms. The van der Waals surface area contributed by atoms with Crippen LogP contribution in [0.1, 0.15) is 61.1 Å². The van der Waals surface area contributed by atoms with Gasteiger partial charge >= 0.3 is 5.97 Å². The molecule has 238 valence electrons. The summed E-state index contributed by atoms with van der Waals surface area (Å²) in [5, 5.41) is 12.6. The first-order valence-electron chi connectivity index (χ1n) is 14.9. The molecule has 1 fully saturated rings. The van der Waals surface area contributed by atoms with E-state index < -0.39 is 5.41 Å². The van der Waals surface area contributed by atoms with Crippen LogP contribution in [0.15, 0.2) is 35.5 Å². The normalized spacial score (nSPS) is 14.6. The van der Waals surface area contributed by atoms with Crippen molar-refractivity contribution in [2.75, 3.05) is 49.5 Å². The van der Waals surface area contributed by atoms with E-state index in [4.69, 9.17) is 21.3 Å². The highest BCUT2D eigenvalue weighted by atomic mass is 35.5. The molecule has 0 saturated carbocycles. The summed E-state index contributed by atoms with van der Waals surface area (Å²) in [4.78, 5) is 45.6. The molecule has 1 aliphatic heterocycles. The highest BCUT2D eigenvalue weighted by molar-refractivity contribution is 7.11. The first kappa shape index (κ1) is 33.6. The number of rotatable bonds is 12. The molecule has 13 heteroatoms. The number of aliphatic hydroxyl groups is 1. The second kappa shape index (κ2) is 15.1. The predicted molar refractivity (Wildman–Crippen MR) is 174 cm³/mol. The molecule has 2 N–H and O–H groups in total. The van der Waals surface area contributed by atoms with Gasteiger partial charge in [0, 0.05) is 45.0 Å². The van der Waals surface area contributed by atoms with Crippen LogP contribution in [0, 0.1) is 19.3 Å². The summed E-state index contributed by atoms with van der Waals surface area (Å²) >= 11 is 7.53. The summed E-state index contributed by atoms with van der Waals surface area (Å²) in [5.41, 5.74) is 0.743. The van der Waals surface area contributed by atoms with Crippen LogP contribution in [0.5, 0.6) is 0 Å². The zero-order valence-corrected chi connectivity index (χ0v) is 27.7. The molecule has 3 aromatic rings. The van der Waals surface area contributed by atoms with Crippen molar-refractivity contribution in [1.29, 1.82) is 0 Å². The van der Waals surface area contributed by atoms with E-state index in [2.05, 4.69) is 32.0 Å². The average molecular weight is 644 g/mol. The van der Waals surface area contributed by atoms with Gasteiger partial charge in [0.1, 0.15) is 16.5 Å². The molecular weight excluding hydrogens is 602 g/mol. The number of unbranched alkanes of at least 4 members (excludes halogenated alkanes) is 1. The number of nitrogens with zero attached hydrogens (tertiary/aromatic N) is 6. The van der Waals surface area contributed by atoms with Gasteiger partial charge in [0.25, 0.3) is 5.91 Å². The molecular formula is C31H42ClN7O4S. The van der Waals surface area contributed by atoms with Crippen LogP contribution >= 0.6 is 22.9 Å². The lowest BCUT2D eigenvalue weighted by atomic mass is 9.87. The monoisotopic (exact) mass is 643 g/mol. The number of aliphatic hydroxyl groups excluding tert-OH is 1. The number of aryl methyl sites for hydroxylation is 2. The number of piperazine rings is 1. The van der Waals surface area contributed by atoms with Crippen molar-refractivity contribution in [2.24, 2.45) is 10.4 Å². The Kier molecular flexibility index (Phi) is 11.5. The number of carbonyl (C=O) groups excluding carboxylic acids is 2. The number of esters is 1. The van der Waals surface area contributed by atoms with Gasteiger partial charge in [-0.3, -0.25) is 19.1 Å². The smallest absolute Gasteiger partial charge is 0.313 e. The van der Waals surface area contributed by atoms with E-state index in [0.29, 0.717) is 38.6 Å². The van der Waals surface area contributed by atoms with E-state index in [1.54, 1.807) is 16.8 Å². The topological polar surface area (TPSA) is 125 Å². The summed E-state index contributed by atoms with van der Waals surface area (Å²) in [7, 11) is 0. The Hall–Kier alpha value is -3.32. The highest BCUT2D eigenvalue weighted by Gasteiger charge is 2.29. The van der Waals surface area contributed by atoms with E-state index in [0.717, 1.165) is 56.8 Å². The van der Waals surface area contributed by atoms with Crippen LogP contribution in [0.3, 0.4) is 0 Å². The quantitative estimate of drug-likeness (QED) is 0.266. The molecule has 0 atom stereocenters. The second-order valence-corrected chi connectivity index (χ2v) is 13.0. The molecule has 2 aromatic heterocycles. The van der Waals surface area contributed by atoms with Gasteiger partial charge in [-0.05, 0) is 45.7 Å². The summed E-state index contributed by atoms with van der Waals surface area (Å²) < 4.78 is 7.40. The fraction of sp³-hybridized carbons (Fsp3) is 0.516. The van der Waals surface area contributed by atoms with Crippen molar-refractivity contribution in [2.45, 2.75) is 60.6 Å². The van der Waals surface area contributed by atoms with Gasteiger partial charge in [0.2, 0.25) is 0 Å². The standard InChI is InChI=1S/C31H42ClN7O4S/c1-6-7-11-31(4,5)29(42)43-20-39-19-24(28(41)36-27-21(2)9-8-10-23(27)32)44-30(39)35-25-18-26(34-22(3)33-25)38-14-12-37(13-15-38)16-17-40/h8-10,18-19,40H,6-7,11-17,20H2,1-5H3,(H,36,41). The number of aromatic nitrogens is 3. The lowest BCUT2D eigenvalue weighted by molar-refractivity contribution is -0.158. The fourth-order valence-electron chi connectivity index (χ4n) is 4.87. The van der Waals surface area contributed by atoms with Crippen molar-refractivity contribution in [1.82, 2.24) is 19.4 Å². The summed E-state index contributed by atoms with van der Waals surface area (Å²) in [6.07, 6.45) is 4.26. The molecule has 3 heterocycles. The number of β-amino-alcohol motifs (C(OH)–C–C–N with tert-alkyl or cyclic N) is 1. The van der Waals surface area contributed by atoms with Crippen LogP contribution in [-0.4, -0.2) is 75.7 Å². The molecule has 4 rings (SSSR count). The number of para-hydroxylation sites is 1.